The number of hydrogen-bond acceptors (Lipinski definition) is 2. The van der Waals surface area contributed by atoms with E-state index in [1.54, 1.807) is 0 Å². The van der Waals surface area contributed by atoms with Crippen LogP contribution in [0.15, 0.2) is 206 Å². The van der Waals surface area contributed by atoms with Gasteiger partial charge in [-0.25, -0.2) is 0 Å². The SMILES string of the molecule is c1ccc(-n2c3ccccc3c3cc(-c4ccc(N(c5ccc(-c6cccc7ccccc67)cc5)c5ccc6sc7ccccc7c6c5)cc4)ccc32)cc1. The molecule has 258 valence electrons. The summed E-state index contributed by atoms with van der Waals surface area (Å²) in [7, 11) is 0. The van der Waals surface area contributed by atoms with Crippen molar-refractivity contribution < 1.29 is 0 Å². The molecule has 2 nitrogen and oxygen atoms in total. The van der Waals surface area contributed by atoms with Crippen molar-refractivity contribution in [1.29, 1.82) is 0 Å². The van der Waals surface area contributed by atoms with Crippen LogP contribution >= 0.6 is 11.3 Å². The summed E-state index contributed by atoms with van der Waals surface area (Å²) in [5.74, 6) is 0. The lowest BCUT2D eigenvalue weighted by atomic mass is 9.98. The van der Waals surface area contributed by atoms with Crippen LogP contribution in [0.3, 0.4) is 0 Å². The molecule has 0 fully saturated rings. The number of thiophene rings is 1. The summed E-state index contributed by atoms with van der Waals surface area (Å²) < 4.78 is 4.98. The minimum absolute atomic E-state index is 1.11. The van der Waals surface area contributed by atoms with Crippen LogP contribution in [-0.2, 0) is 0 Å². The van der Waals surface area contributed by atoms with Gasteiger partial charge in [-0.3, -0.25) is 0 Å². The lowest BCUT2D eigenvalue weighted by Gasteiger charge is -2.26. The highest BCUT2D eigenvalue weighted by Crippen LogP contribution is 2.42. The van der Waals surface area contributed by atoms with Crippen LogP contribution in [0, 0.1) is 0 Å². The van der Waals surface area contributed by atoms with Crippen LogP contribution in [0.2, 0.25) is 0 Å². The third-order valence-corrected chi connectivity index (χ3v) is 12.1. The molecule has 55 heavy (non-hydrogen) atoms. The van der Waals surface area contributed by atoms with E-state index >= 15 is 0 Å². The highest BCUT2D eigenvalue weighted by Gasteiger charge is 2.17. The van der Waals surface area contributed by atoms with E-state index in [1.165, 1.54) is 80.7 Å². The normalized spacial score (nSPS) is 11.6. The van der Waals surface area contributed by atoms with Gasteiger partial charge in [0.2, 0.25) is 0 Å². The standard InChI is InChI=1S/C52H34N2S/c1-2-13-39(14-3-1)54-49-19-8-6-16-45(49)47-33-38(25-31-50(47)54)35-21-26-40(27-22-35)53(42-30-32-52-48(34-42)46-17-7-9-20-51(46)55-52)41-28-23-37(24-29-41)44-18-10-12-36-11-4-5-15-43(36)44/h1-34H. The largest absolute Gasteiger partial charge is 0.310 e. The molecule has 0 bridgehead atoms. The molecule has 0 atom stereocenters. The molecular formula is C52H34N2S. The van der Waals surface area contributed by atoms with Crippen molar-refractivity contribution in [3.8, 4) is 27.9 Å². The van der Waals surface area contributed by atoms with Gasteiger partial charge in [-0.15, -0.1) is 11.3 Å². The fourth-order valence-electron chi connectivity index (χ4n) is 8.38. The molecule has 0 aliphatic heterocycles. The second-order valence-electron chi connectivity index (χ2n) is 14.2. The average Bonchev–Trinajstić information content (AvgIpc) is 3.80. The Morgan fingerprint density at radius 1 is 0.345 bits per heavy atom. The highest BCUT2D eigenvalue weighted by atomic mass is 32.1. The monoisotopic (exact) mass is 718 g/mol. The Balaban J connectivity index is 1.02. The molecule has 9 aromatic carbocycles. The average molecular weight is 719 g/mol. The summed E-state index contributed by atoms with van der Waals surface area (Å²) in [6.07, 6.45) is 0. The zero-order valence-corrected chi connectivity index (χ0v) is 30.7. The van der Waals surface area contributed by atoms with Gasteiger partial charge in [-0.2, -0.15) is 0 Å². The van der Waals surface area contributed by atoms with Gasteiger partial charge in [-0.1, -0.05) is 127 Å². The van der Waals surface area contributed by atoms with Crippen molar-refractivity contribution >= 4 is 81.1 Å². The molecule has 0 amide bonds. The Kier molecular flexibility index (Phi) is 7.39. The third kappa shape index (κ3) is 5.32. The lowest BCUT2D eigenvalue weighted by Crippen LogP contribution is -2.09. The first-order valence-electron chi connectivity index (χ1n) is 18.8. The van der Waals surface area contributed by atoms with Crippen molar-refractivity contribution in [2.24, 2.45) is 0 Å². The predicted octanol–water partition coefficient (Wildman–Crippen LogP) is 15.1. The van der Waals surface area contributed by atoms with Crippen molar-refractivity contribution in [2.75, 3.05) is 4.90 Å². The second-order valence-corrected chi connectivity index (χ2v) is 15.2. The van der Waals surface area contributed by atoms with Crippen molar-refractivity contribution in [2.45, 2.75) is 0 Å². The number of aromatic nitrogens is 1. The molecule has 0 radical (unpaired) electrons. The summed E-state index contributed by atoms with van der Waals surface area (Å²) in [4.78, 5) is 2.39. The van der Waals surface area contributed by atoms with Crippen LogP contribution in [0.1, 0.15) is 0 Å². The van der Waals surface area contributed by atoms with E-state index in [-0.39, 0.29) is 0 Å². The second kappa shape index (κ2) is 12.9. The topological polar surface area (TPSA) is 8.17 Å². The van der Waals surface area contributed by atoms with Crippen LogP contribution in [0.4, 0.5) is 17.1 Å². The summed E-state index contributed by atoms with van der Waals surface area (Å²) in [6.45, 7) is 0. The lowest BCUT2D eigenvalue weighted by molar-refractivity contribution is 1.18. The summed E-state index contributed by atoms with van der Waals surface area (Å²) >= 11 is 1.86. The quantitative estimate of drug-likeness (QED) is 0.166. The van der Waals surface area contributed by atoms with Gasteiger partial charge in [0.05, 0.1) is 11.0 Å². The van der Waals surface area contributed by atoms with E-state index in [0.717, 1.165) is 17.1 Å². The first kappa shape index (κ1) is 31.6. The molecule has 0 spiro atoms. The van der Waals surface area contributed by atoms with Gasteiger partial charge in [0, 0.05) is 53.7 Å². The summed E-state index contributed by atoms with van der Waals surface area (Å²) in [6, 6.07) is 75.2. The maximum atomic E-state index is 2.39. The van der Waals surface area contributed by atoms with Gasteiger partial charge < -0.3 is 9.47 Å². The van der Waals surface area contributed by atoms with Crippen molar-refractivity contribution in [1.82, 2.24) is 4.57 Å². The summed E-state index contributed by atoms with van der Waals surface area (Å²) in [5, 5.41) is 7.62. The first-order valence-corrected chi connectivity index (χ1v) is 19.6. The first-order chi connectivity index (χ1) is 27.3. The maximum Gasteiger partial charge on any atom is 0.0541 e. The van der Waals surface area contributed by atoms with E-state index in [0.29, 0.717) is 0 Å². The molecule has 0 saturated heterocycles. The molecule has 11 aromatic rings. The van der Waals surface area contributed by atoms with Crippen molar-refractivity contribution in [3.05, 3.63) is 206 Å². The molecule has 0 unspecified atom stereocenters. The molecule has 0 saturated carbocycles. The van der Waals surface area contributed by atoms with Gasteiger partial charge in [0.25, 0.3) is 0 Å². The fourth-order valence-corrected chi connectivity index (χ4v) is 9.46. The van der Waals surface area contributed by atoms with E-state index < -0.39 is 0 Å². The molecule has 2 aromatic heterocycles. The van der Waals surface area contributed by atoms with Crippen LogP contribution < -0.4 is 4.90 Å². The van der Waals surface area contributed by atoms with Crippen molar-refractivity contribution in [3.63, 3.8) is 0 Å². The number of benzene rings is 9. The molecule has 11 rings (SSSR count). The van der Waals surface area contributed by atoms with Crippen LogP contribution in [-0.4, -0.2) is 4.57 Å². The fraction of sp³-hybridized carbons (Fsp3) is 0. The number of anilines is 3. The van der Waals surface area contributed by atoms with Crippen LogP contribution in [0.25, 0.3) is 80.7 Å². The van der Waals surface area contributed by atoms with Gasteiger partial charge in [0.1, 0.15) is 0 Å². The minimum Gasteiger partial charge on any atom is -0.310 e. The molecule has 3 heteroatoms. The Labute approximate surface area is 323 Å². The minimum atomic E-state index is 1.11. The molecule has 2 heterocycles. The van der Waals surface area contributed by atoms with Gasteiger partial charge >= 0.3 is 0 Å². The van der Waals surface area contributed by atoms with Gasteiger partial charge in [-0.05, 0) is 112 Å². The zero-order valence-electron chi connectivity index (χ0n) is 29.9. The molecule has 0 N–H and O–H groups in total. The number of hydrogen-bond donors (Lipinski definition) is 0. The number of nitrogens with zero attached hydrogens (tertiary/aromatic N) is 2. The van der Waals surface area contributed by atoms with E-state index in [2.05, 4.69) is 216 Å². The maximum absolute atomic E-state index is 2.39. The third-order valence-electron chi connectivity index (χ3n) is 11.0. The van der Waals surface area contributed by atoms with E-state index in [9.17, 15) is 0 Å². The van der Waals surface area contributed by atoms with Gasteiger partial charge in [0.15, 0.2) is 0 Å². The van der Waals surface area contributed by atoms with Crippen LogP contribution in [0.5, 0.6) is 0 Å². The van der Waals surface area contributed by atoms with E-state index in [1.807, 2.05) is 11.3 Å². The molecular weight excluding hydrogens is 685 g/mol. The molecule has 0 aliphatic carbocycles. The number of fused-ring (bicyclic) bond motifs is 7. The number of rotatable bonds is 6. The Bertz CT molecular complexity index is 3180. The number of para-hydroxylation sites is 2. The highest BCUT2D eigenvalue weighted by molar-refractivity contribution is 7.25. The Morgan fingerprint density at radius 3 is 1.76 bits per heavy atom. The smallest absolute Gasteiger partial charge is 0.0541 e. The Morgan fingerprint density at radius 2 is 0.945 bits per heavy atom. The van der Waals surface area contributed by atoms with E-state index in [4.69, 9.17) is 0 Å². The summed E-state index contributed by atoms with van der Waals surface area (Å²) in [5.41, 5.74) is 11.8. The zero-order chi connectivity index (χ0) is 36.3. The predicted molar refractivity (Wildman–Crippen MR) is 237 cm³/mol. The molecule has 0 aliphatic rings. The Hall–Kier alpha value is -6.94.